The van der Waals surface area contributed by atoms with Crippen LogP contribution in [0.2, 0.25) is 0 Å². The fourth-order valence-corrected chi connectivity index (χ4v) is 1.28. The van der Waals surface area contributed by atoms with E-state index < -0.39 is 6.23 Å². The summed E-state index contributed by atoms with van der Waals surface area (Å²) in [6.45, 7) is 6.10. The molecule has 0 amide bonds. The Morgan fingerprint density at radius 1 is 1.67 bits per heavy atom. The Morgan fingerprint density at radius 2 is 2.33 bits per heavy atom. The highest BCUT2D eigenvalue weighted by molar-refractivity contribution is 5.63. The predicted molar refractivity (Wildman–Crippen MR) is 63.2 cm³/mol. The summed E-state index contributed by atoms with van der Waals surface area (Å²) in [7, 11) is 1.90. The lowest BCUT2D eigenvalue weighted by Gasteiger charge is -2.19. The number of allylic oxidation sites excluding steroid dienone is 1. The molecule has 0 aliphatic heterocycles. The number of hydrogen-bond acceptors (Lipinski definition) is 4. The molecule has 0 radical (unpaired) electrons. The van der Waals surface area contributed by atoms with Crippen LogP contribution < -0.4 is 0 Å². The molecule has 1 fully saturated rings. The normalized spacial score (nSPS) is 19.9. The van der Waals surface area contributed by atoms with Crippen molar-refractivity contribution in [3.8, 4) is 0 Å². The van der Waals surface area contributed by atoms with Crippen LogP contribution in [0.4, 0.5) is 0 Å². The summed E-state index contributed by atoms with van der Waals surface area (Å²) in [5.41, 5.74) is 0.740. The first kappa shape index (κ1) is 12.1. The van der Waals surface area contributed by atoms with Gasteiger partial charge in [0.2, 0.25) is 0 Å². The van der Waals surface area contributed by atoms with E-state index in [4.69, 9.17) is 0 Å². The van der Waals surface area contributed by atoms with Crippen LogP contribution in [0.3, 0.4) is 0 Å². The number of aliphatic imine (C=N–C) groups is 2. The van der Waals surface area contributed by atoms with Crippen molar-refractivity contribution < 1.29 is 5.11 Å². The van der Waals surface area contributed by atoms with E-state index in [9.17, 15) is 5.11 Å². The quantitative estimate of drug-likeness (QED) is 0.529. The van der Waals surface area contributed by atoms with Crippen molar-refractivity contribution in [1.29, 1.82) is 0 Å². The summed E-state index contributed by atoms with van der Waals surface area (Å²) in [5, 5.41) is 9.71. The second-order valence-electron chi connectivity index (χ2n) is 4.03. The molecule has 15 heavy (non-hydrogen) atoms. The molecule has 0 saturated heterocycles. The Kier molecular flexibility index (Phi) is 4.65. The van der Waals surface area contributed by atoms with Crippen molar-refractivity contribution >= 4 is 12.9 Å². The van der Waals surface area contributed by atoms with Crippen LogP contribution >= 0.6 is 0 Å². The highest BCUT2D eigenvalue weighted by atomic mass is 16.3. The van der Waals surface area contributed by atoms with Gasteiger partial charge in [-0.2, -0.15) is 0 Å². The Morgan fingerprint density at radius 3 is 2.87 bits per heavy atom. The Bertz CT molecular complexity index is 269. The highest BCUT2D eigenvalue weighted by Gasteiger charge is 2.24. The third-order valence-electron chi connectivity index (χ3n) is 2.38. The van der Waals surface area contributed by atoms with Crippen molar-refractivity contribution in [3.05, 3.63) is 11.9 Å². The molecule has 1 saturated carbocycles. The van der Waals surface area contributed by atoms with Crippen LogP contribution in [0.5, 0.6) is 0 Å². The van der Waals surface area contributed by atoms with Gasteiger partial charge in [0.1, 0.15) is 6.23 Å². The third-order valence-corrected chi connectivity index (χ3v) is 2.38. The lowest BCUT2D eigenvalue weighted by molar-refractivity contribution is 0.0796. The fraction of sp³-hybridized carbons (Fsp3) is 0.636. The summed E-state index contributed by atoms with van der Waals surface area (Å²) < 4.78 is 0. The number of aliphatic hydroxyl groups excluding tert-OH is 1. The number of hydrogen-bond donors (Lipinski definition) is 1. The summed E-state index contributed by atoms with van der Waals surface area (Å²) in [6.07, 6.45) is 5.05. The largest absolute Gasteiger partial charge is 0.373 e. The van der Waals surface area contributed by atoms with Gasteiger partial charge >= 0.3 is 0 Å². The molecule has 1 rings (SSSR count). The Labute approximate surface area is 91.0 Å². The van der Waals surface area contributed by atoms with Gasteiger partial charge in [-0.3, -0.25) is 14.9 Å². The van der Waals surface area contributed by atoms with E-state index in [0.29, 0.717) is 0 Å². The lowest BCUT2D eigenvalue weighted by Crippen LogP contribution is -2.34. The smallest absolute Gasteiger partial charge is 0.143 e. The second kappa shape index (κ2) is 5.78. The van der Waals surface area contributed by atoms with Crippen LogP contribution in [0.25, 0.3) is 0 Å². The van der Waals surface area contributed by atoms with Crippen LogP contribution in [0, 0.1) is 5.92 Å². The Hall–Kier alpha value is -1.00. The molecule has 0 aromatic rings. The standard InChI is InChI=1S/C11H19N3O/c1-9(6-12-2)13-7-11(15)14(3)8-10-4-5-10/h6-7,10-11,15H,2,4-5,8H2,1,3H3/b9-6-,13-7?. The molecule has 1 aliphatic carbocycles. The molecule has 1 unspecified atom stereocenters. The van der Waals surface area contributed by atoms with Gasteiger partial charge in [0, 0.05) is 19.0 Å². The van der Waals surface area contributed by atoms with Crippen LogP contribution in [0.15, 0.2) is 21.9 Å². The summed E-state index contributed by atoms with van der Waals surface area (Å²) in [4.78, 5) is 9.57. The fourth-order valence-electron chi connectivity index (χ4n) is 1.28. The maximum absolute atomic E-state index is 9.71. The van der Waals surface area contributed by atoms with E-state index in [-0.39, 0.29) is 0 Å². The maximum Gasteiger partial charge on any atom is 0.143 e. The molecule has 1 aliphatic rings. The topological polar surface area (TPSA) is 48.2 Å². The summed E-state index contributed by atoms with van der Waals surface area (Å²) in [5.74, 6) is 0.768. The Balaban J connectivity index is 2.34. The summed E-state index contributed by atoms with van der Waals surface area (Å²) in [6, 6.07) is 0. The van der Waals surface area contributed by atoms with Gasteiger partial charge in [-0.15, -0.1) is 0 Å². The maximum atomic E-state index is 9.71. The van der Waals surface area contributed by atoms with Gasteiger partial charge in [0.15, 0.2) is 0 Å². The number of nitrogens with zero attached hydrogens (tertiary/aromatic N) is 3. The molecular formula is C11H19N3O. The molecular weight excluding hydrogens is 190 g/mol. The van der Waals surface area contributed by atoms with E-state index in [1.165, 1.54) is 19.1 Å². The van der Waals surface area contributed by atoms with E-state index in [2.05, 4.69) is 16.7 Å². The van der Waals surface area contributed by atoms with E-state index in [1.807, 2.05) is 18.9 Å². The lowest BCUT2D eigenvalue weighted by atomic mass is 10.4. The molecule has 0 aromatic heterocycles. The molecule has 0 aromatic carbocycles. The molecule has 0 heterocycles. The van der Waals surface area contributed by atoms with Gasteiger partial charge in [0.05, 0.1) is 5.70 Å². The minimum atomic E-state index is -0.612. The van der Waals surface area contributed by atoms with Gasteiger partial charge in [-0.1, -0.05) is 0 Å². The monoisotopic (exact) mass is 209 g/mol. The zero-order chi connectivity index (χ0) is 11.3. The van der Waals surface area contributed by atoms with E-state index in [0.717, 1.165) is 18.2 Å². The van der Waals surface area contributed by atoms with Gasteiger partial charge in [-0.05, 0) is 39.4 Å². The minimum Gasteiger partial charge on any atom is -0.373 e. The van der Waals surface area contributed by atoms with Crippen molar-refractivity contribution in [2.45, 2.75) is 26.0 Å². The highest BCUT2D eigenvalue weighted by Crippen LogP contribution is 2.29. The molecule has 1 atom stereocenters. The van der Waals surface area contributed by atoms with Gasteiger partial charge < -0.3 is 5.11 Å². The molecule has 4 nitrogen and oxygen atoms in total. The predicted octanol–water partition coefficient (Wildman–Crippen LogP) is 1.28. The van der Waals surface area contributed by atoms with E-state index >= 15 is 0 Å². The first-order chi connectivity index (χ1) is 7.13. The first-order valence-electron chi connectivity index (χ1n) is 5.18. The van der Waals surface area contributed by atoms with Crippen molar-refractivity contribution in [2.75, 3.05) is 13.6 Å². The molecule has 1 N–H and O–H groups in total. The van der Waals surface area contributed by atoms with Crippen LogP contribution in [-0.2, 0) is 0 Å². The number of aliphatic hydroxyl groups is 1. The molecule has 84 valence electrons. The van der Waals surface area contributed by atoms with Gasteiger partial charge in [0.25, 0.3) is 0 Å². The van der Waals surface area contributed by atoms with Crippen LogP contribution in [-0.4, -0.2) is 42.8 Å². The van der Waals surface area contributed by atoms with E-state index in [1.54, 1.807) is 6.20 Å². The second-order valence-corrected chi connectivity index (χ2v) is 4.03. The third kappa shape index (κ3) is 4.85. The molecule has 0 spiro atoms. The summed E-state index contributed by atoms with van der Waals surface area (Å²) >= 11 is 0. The first-order valence-corrected chi connectivity index (χ1v) is 5.18. The van der Waals surface area contributed by atoms with Crippen molar-refractivity contribution in [2.24, 2.45) is 15.9 Å². The number of rotatable bonds is 6. The average molecular weight is 209 g/mol. The SMILES string of the molecule is C=N/C=C(/C)N=CC(O)N(C)CC1CC1. The zero-order valence-corrected chi connectivity index (χ0v) is 9.43. The minimum absolute atomic E-state index is 0.612. The van der Waals surface area contributed by atoms with Crippen LogP contribution in [0.1, 0.15) is 19.8 Å². The zero-order valence-electron chi connectivity index (χ0n) is 9.43. The molecule has 0 bridgehead atoms. The van der Waals surface area contributed by atoms with Gasteiger partial charge in [-0.25, -0.2) is 0 Å². The molecule has 4 heteroatoms. The van der Waals surface area contributed by atoms with Crippen molar-refractivity contribution in [3.63, 3.8) is 0 Å². The average Bonchev–Trinajstić information content (AvgIpc) is 2.98. The van der Waals surface area contributed by atoms with Crippen molar-refractivity contribution in [1.82, 2.24) is 4.90 Å².